The molecule has 3 heteroatoms. The smallest absolute Gasteiger partial charge is 0.137 e. The van der Waals surface area contributed by atoms with Gasteiger partial charge in [0, 0.05) is 33.1 Å². The van der Waals surface area contributed by atoms with Crippen molar-refractivity contribution in [2.45, 2.75) is 0 Å². The van der Waals surface area contributed by atoms with E-state index < -0.39 is 0 Å². The average Bonchev–Trinajstić information content (AvgIpc) is 3.83. The Morgan fingerprint density at radius 2 is 0.930 bits per heavy atom. The monoisotopic (exact) mass is 728 g/mol. The number of fused-ring (bicyclic) bond motifs is 6. The molecule has 0 radical (unpaired) electrons. The summed E-state index contributed by atoms with van der Waals surface area (Å²) in [5.41, 5.74) is 15.4. The molecule has 268 valence electrons. The molecule has 11 rings (SSSR count). The normalized spacial score (nSPS) is 11.5. The lowest BCUT2D eigenvalue weighted by atomic mass is 9.87. The van der Waals surface area contributed by atoms with Gasteiger partial charge in [-0.05, 0) is 88.5 Å². The quantitative estimate of drug-likeness (QED) is 0.163. The Morgan fingerprint density at radius 3 is 1.72 bits per heavy atom. The number of rotatable bonds is 7. The van der Waals surface area contributed by atoms with E-state index in [0.29, 0.717) is 0 Å². The number of benzene rings is 9. The molecule has 0 aliphatic rings. The van der Waals surface area contributed by atoms with Gasteiger partial charge >= 0.3 is 0 Å². The van der Waals surface area contributed by atoms with Crippen LogP contribution in [0, 0.1) is 0 Å². The van der Waals surface area contributed by atoms with Crippen molar-refractivity contribution < 1.29 is 4.42 Å². The predicted octanol–water partition coefficient (Wildman–Crippen LogP) is 15.2. The van der Waals surface area contributed by atoms with E-state index in [4.69, 9.17) is 4.42 Å². The summed E-state index contributed by atoms with van der Waals surface area (Å²) in [5.74, 6) is 0. The van der Waals surface area contributed by atoms with Crippen LogP contribution in [0.2, 0.25) is 0 Å². The van der Waals surface area contributed by atoms with Crippen LogP contribution < -0.4 is 4.90 Å². The molecule has 0 saturated carbocycles. The maximum atomic E-state index is 6.55. The largest absolute Gasteiger partial charge is 0.456 e. The molecule has 0 spiro atoms. The Labute approximate surface area is 330 Å². The molecule has 0 aliphatic heterocycles. The number of aromatic nitrogens is 1. The molecule has 0 fully saturated rings. The molecule has 0 N–H and O–H groups in total. The van der Waals surface area contributed by atoms with Crippen LogP contribution in [0.3, 0.4) is 0 Å². The molecular weight excluding hydrogens is 693 g/mol. The molecule has 0 atom stereocenters. The number of para-hydroxylation sites is 3. The molecule has 11 aromatic rings. The zero-order valence-corrected chi connectivity index (χ0v) is 31.1. The number of hydrogen-bond donors (Lipinski definition) is 0. The van der Waals surface area contributed by atoms with Crippen LogP contribution in [0.15, 0.2) is 223 Å². The lowest BCUT2D eigenvalue weighted by Crippen LogP contribution is -2.12. The lowest BCUT2D eigenvalue weighted by molar-refractivity contribution is 0.669. The average molecular weight is 729 g/mol. The van der Waals surface area contributed by atoms with Gasteiger partial charge in [0.25, 0.3) is 0 Å². The van der Waals surface area contributed by atoms with E-state index in [0.717, 1.165) is 72.5 Å². The second kappa shape index (κ2) is 13.6. The highest BCUT2D eigenvalue weighted by molar-refractivity contribution is 6.16. The Bertz CT molecular complexity index is 3230. The van der Waals surface area contributed by atoms with Gasteiger partial charge in [-0.1, -0.05) is 158 Å². The molecule has 0 unspecified atom stereocenters. The second-order valence-electron chi connectivity index (χ2n) is 14.5. The van der Waals surface area contributed by atoms with Crippen molar-refractivity contribution in [3.8, 4) is 39.1 Å². The first-order valence-electron chi connectivity index (χ1n) is 19.4. The van der Waals surface area contributed by atoms with Crippen molar-refractivity contribution in [2.75, 3.05) is 4.90 Å². The van der Waals surface area contributed by atoms with Gasteiger partial charge in [-0.25, -0.2) is 0 Å². The van der Waals surface area contributed by atoms with E-state index in [1.54, 1.807) is 0 Å². The third kappa shape index (κ3) is 5.43. The van der Waals surface area contributed by atoms with Gasteiger partial charge in [-0.3, -0.25) is 0 Å². The van der Waals surface area contributed by atoms with Gasteiger partial charge in [0.05, 0.1) is 27.8 Å². The van der Waals surface area contributed by atoms with Gasteiger partial charge < -0.3 is 13.9 Å². The van der Waals surface area contributed by atoms with Crippen LogP contribution in [0.1, 0.15) is 0 Å². The van der Waals surface area contributed by atoms with Crippen molar-refractivity contribution in [3.05, 3.63) is 218 Å². The Morgan fingerprint density at radius 1 is 0.368 bits per heavy atom. The first-order chi connectivity index (χ1) is 28.3. The summed E-state index contributed by atoms with van der Waals surface area (Å²) in [6, 6.07) is 78.2. The molecule has 2 aromatic heterocycles. The minimum absolute atomic E-state index is 0.853. The van der Waals surface area contributed by atoms with Gasteiger partial charge in [0.2, 0.25) is 0 Å². The standard InChI is InChI=1S/C54H36N2O/c1-4-18-37(19-5-1)41-24-10-11-26-44(41)53-42(38-20-6-2-7-21-38)28-16-30-49(53)56(50-31-17-33-52-54(50)45-27-13-15-32-51(45)57-52)40-34-35-48-46(36-40)43-25-12-14-29-47(43)55(48)39-22-8-3-9-23-39/h1-36H. The molecule has 0 saturated heterocycles. The van der Waals surface area contributed by atoms with Gasteiger partial charge in [-0.2, -0.15) is 0 Å². The third-order valence-electron chi connectivity index (χ3n) is 11.2. The summed E-state index contributed by atoms with van der Waals surface area (Å²) in [4.78, 5) is 2.46. The zero-order chi connectivity index (χ0) is 37.7. The van der Waals surface area contributed by atoms with Crippen LogP contribution in [-0.4, -0.2) is 4.57 Å². The first kappa shape index (κ1) is 32.8. The van der Waals surface area contributed by atoms with Crippen LogP contribution in [0.4, 0.5) is 17.1 Å². The highest BCUT2D eigenvalue weighted by atomic mass is 16.3. The first-order valence-corrected chi connectivity index (χ1v) is 19.4. The molecule has 3 nitrogen and oxygen atoms in total. The molecule has 0 aliphatic carbocycles. The van der Waals surface area contributed by atoms with E-state index >= 15 is 0 Å². The van der Waals surface area contributed by atoms with Gasteiger partial charge in [0.1, 0.15) is 11.2 Å². The number of anilines is 3. The molecule has 57 heavy (non-hydrogen) atoms. The fourth-order valence-electron chi connectivity index (χ4n) is 8.74. The summed E-state index contributed by atoms with van der Waals surface area (Å²) < 4.78 is 8.93. The molecular formula is C54H36N2O. The Balaban J connectivity index is 1.26. The predicted molar refractivity (Wildman–Crippen MR) is 239 cm³/mol. The highest BCUT2D eigenvalue weighted by Gasteiger charge is 2.26. The summed E-state index contributed by atoms with van der Waals surface area (Å²) in [6.45, 7) is 0. The van der Waals surface area contributed by atoms with Crippen molar-refractivity contribution in [1.29, 1.82) is 0 Å². The van der Waals surface area contributed by atoms with Crippen molar-refractivity contribution in [1.82, 2.24) is 4.57 Å². The van der Waals surface area contributed by atoms with Gasteiger partial charge in [0.15, 0.2) is 0 Å². The van der Waals surface area contributed by atoms with E-state index in [1.807, 2.05) is 6.07 Å². The van der Waals surface area contributed by atoms with Crippen LogP contribution in [0.25, 0.3) is 82.8 Å². The summed E-state index contributed by atoms with van der Waals surface area (Å²) in [6.07, 6.45) is 0. The fourth-order valence-corrected chi connectivity index (χ4v) is 8.74. The van der Waals surface area contributed by atoms with Crippen molar-refractivity contribution in [3.63, 3.8) is 0 Å². The summed E-state index contributed by atoms with van der Waals surface area (Å²) in [5, 5.41) is 4.55. The van der Waals surface area contributed by atoms with E-state index in [-0.39, 0.29) is 0 Å². The van der Waals surface area contributed by atoms with E-state index in [1.165, 1.54) is 27.4 Å². The SMILES string of the molecule is c1ccc(-c2ccccc2-c2c(-c3ccccc3)cccc2N(c2ccc3c(c2)c2ccccc2n3-c2ccccc2)c2cccc3oc4ccccc4c23)cc1. The number of nitrogens with zero attached hydrogens (tertiary/aromatic N) is 2. The summed E-state index contributed by atoms with van der Waals surface area (Å²) >= 11 is 0. The maximum Gasteiger partial charge on any atom is 0.137 e. The molecule has 0 amide bonds. The van der Waals surface area contributed by atoms with Crippen LogP contribution >= 0.6 is 0 Å². The van der Waals surface area contributed by atoms with Crippen molar-refractivity contribution >= 4 is 60.8 Å². The van der Waals surface area contributed by atoms with E-state index in [2.05, 4.69) is 222 Å². The third-order valence-corrected chi connectivity index (χ3v) is 11.2. The maximum absolute atomic E-state index is 6.55. The van der Waals surface area contributed by atoms with Gasteiger partial charge in [-0.15, -0.1) is 0 Å². The van der Waals surface area contributed by atoms with Crippen LogP contribution in [0.5, 0.6) is 0 Å². The minimum Gasteiger partial charge on any atom is -0.456 e. The lowest BCUT2D eigenvalue weighted by Gasteiger charge is -2.30. The number of furan rings is 1. The van der Waals surface area contributed by atoms with Crippen molar-refractivity contribution in [2.24, 2.45) is 0 Å². The highest BCUT2D eigenvalue weighted by Crippen LogP contribution is 2.51. The molecule has 9 aromatic carbocycles. The summed E-state index contributed by atoms with van der Waals surface area (Å²) in [7, 11) is 0. The minimum atomic E-state index is 0.853. The topological polar surface area (TPSA) is 21.3 Å². The zero-order valence-electron chi connectivity index (χ0n) is 31.1. The Kier molecular flexibility index (Phi) is 7.82. The number of hydrogen-bond acceptors (Lipinski definition) is 2. The molecule has 0 bridgehead atoms. The Hall–Kier alpha value is -7.62. The fraction of sp³-hybridized carbons (Fsp3) is 0. The molecule has 2 heterocycles. The van der Waals surface area contributed by atoms with E-state index in [9.17, 15) is 0 Å². The van der Waals surface area contributed by atoms with Crippen LogP contribution in [-0.2, 0) is 0 Å². The second-order valence-corrected chi connectivity index (χ2v) is 14.5.